The van der Waals surface area contributed by atoms with Crippen LogP contribution in [0.25, 0.3) is 17.1 Å². The number of rotatable bonds is 5. The third kappa shape index (κ3) is 3.83. The fourth-order valence-corrected chi connectivity index (χ4v) is 5.86. The highest BCUT2D eigenvalue weighted by molar-refractivity contribution is 7.10. The van der Waals surface area contributed by atoms with Gasteiger partial charge < -0.3 is 9.67 Å². The van der Waals surface area contributed by atoms with Gasteiger partial charge in [0.25, 0.3) is 0 Å². The second-order valence-corrected chi connectivity index (χ2v) is 9.61. The molecule has 6 nitrogen and oxygen atoms in total. The molecule has 0 unspecified atom stereocenters. The first-order valence-electron chi connectivity index (χ1n) is 10.9. The highest BCUT2D eigenvalue weighted by atomic mass is 32.1. The predicted octanol–water partition coefficient (Wildman–Crippen LogP) is 4.58. The van der Waals surface area contributed by atoms with E-state index in [0.717, 1.165) is 12.8 Å². The molecular formula is C24H21F3N4O2S. The van der Waals surface area contributed by atoms with E-state index >= 15 is 0 Å². The van der Waals surface area contributed by atoms with Crippen LogP contribution in [0.15, 0.2) is 35.7 Å². The van der Waals surface area contributed by atoms with Crippen LogP contribution in [0, 0.1) is 18.3 Å². The number of carbonyl (C=O) groups is 1. The van der Waals surface area contributed by atoms with Crippen LogP contribution in [-0.2, 0) is 6.18 Å². The molecule has 5 rings (SSSR count). The van der Waals surface area contributed by atoms with Gasteiger partial charge in [-0.05, 0) is 56.5 Å². The molecule has 0 amide bonds. The number of aliphatic hydroxyl groups excluding tert-OH is 1. The lowest BCUT2D eigenvalue weighted by Gasteiger charge is -2.21. The van der Waals surface area contributed by atoms with Gasteiger partial charge in [0.2, 0.25) is 0 Å². The highest BCUT2D eigenvalue weighted by Gasteiger charge is 2.46. The number of benzene rings is 1. The van der Waals surface area contributed by atoms with Gasteiger partial charge in [0, 0.05) is 34.4 Å². The topological polar surface area (TPSA) is 82.2 Å². The Labute approximate surface area is 197 Å². The summed E-state index contributed by atoms with van der Waals surface area (Å²) in [6.07, 6.45) is -2.52. The quantitative estimate of drug-likeness (QED) is 0.534. The van der Waals surface area contributed by atoms with Crippen LogP contribution in [0.5, 0.6) is 0 Å². The normalized spacial score (nSPS) is 22.3. The van der Waals surface area contributed by atoms with Gasteiger partial charge in [-0.1, -0.05) is 0 Å². The van der Waals surface area contributed by atoms with Gasteiger partial charge in [0.05, 0.1) is 35.7 Å². The molecule has 0 aliphatic carbocycles. The van der Waals surface area contributed by atoms with Crippen molar-refractivity contribution in [2.45, 2.75) is 50.6 Å². The molecule has 2 bridgehead atoms. The van der Waals surface area contributed by atoms with Crippen molar-refractivity contribution in [3.63, 3.8) is 0 Å². The minimum absolute atomic E-state index is 0.0257. The Morgan fingerprint density at radius 1 is 1.29 bits per heavy atom. The number of carbonyl (C=O) groups excluding carboxylic acids is 1. The van der Waals surface area contributed by atoms with Gasteiger partial charge in [0.1, 0.15) is 0 Å². The minimum atomic E-state index is -4.56. The number of aromatic nitrogens is 2. The summed E-state index contributed by atoms with van der Waals surface area (Å²) in [6.45, 7) is 1.90. The second kappa shape index (κ2) is 8.34. The van der Waals surface area contributed by atoms with Crippen molar-refractivity contribution in [3.8, 4) is 23.1 Å². The summed E-state index contributed by atoms with van der Waals surface area (Å²) in [5.74, 6) is -0.150. The summed E-state index contributed by atoms with van der Waals surface area (Å²) < 4.78 is 41.3. The van der Waals surface area contributed by atoms with Gasteiger partial charge in [-0.3, -0.25) is 9.69 Å². The van der Waals surface area contributed by atoms with Gasteiger partial charge >= 0.3 is 6.18 Å². The molecule has 34 heavy (non-hydrogen) atoms. The first-order valence-corrected chi connectivity index (χ1v) is 11.8. The number of nitrogens with zero attached hydrogens (tertiary/aromatic N) is 4. The Hall–Kier alpha value is -3.00. The molecule has 2 aromatic heterocycles. The monoisotopic (exact) mass is 486 g/mol. The maximum Gasteiger partial charge on any atom is 0.443 e. The average molecular weight is 487 g/mol. The molecule has 176 valence electrons. The van der Waals surface area contributed by atoms with Crippen LogP contribution in [0.1, 0.15) is 45.9 Å². The number of thiazole rings is 1. The molecule has 3 aromatic rings. The van der Waals surface area contributed by atoms with Crippen molar-refractivity contribution < 1.29 is 23.1 Å². The molecule has 2 aliphatic rings. The molecule has 10 heteroatoms. The maximum atomic E-state index is 13.4. The number of aliphatic hydroxyl groups is 1. The van der Waals surface area contributed by atoms with E-state index in [1.54, 1.807) is 41.8 Å². The smallest absolute Gasteiger partial charge is 0.391 e. The lowest BCUT2D eigenvalue weighted by Crippen LogP contribution is -2.36. The Morgan fingerprint density at radius 2 is 2.03 bits per heavy atom. The summed E-state index contributed by atoms with van der Waals surface area (Å²) in [7, 11) is 0. The zero-order valence-electron chi connectivity index (χ0n) is 18.2. The van der Waals surface area contributed by atoms with E-state index in [-0.39, 0.29) is 30.1 Å². The van der Waals surface area contributed by atoms with Crippen molar-refractivity contribution in [1.82, 2.24) is 14.5 Å². The van der Waals surface area contributed by atoms with E-state index in [1.165, 1.54) is 5.38 Å². The zero-order chi connectivity index (χ0) is 24.2. The predicted molar refractivity (Wildman–Crippen MR) is 120 cm³/mol. The highest BCUT2D eigenvalue weighted by Crippen LogP contribution is 2.39. The van der Waals surface area contributed by atoms with Crippen molar-refractivity contribution in [2.75, 3.05) is 6.54 Å². The lowest BCUT2D eigenvalue weighted by molar-refractivity contribution is -0.137. The number of halogens is 3. The van der Waals surface area contributed by atoms with E-state index in [2.05, 4.69) is 9.88 Å². The van der Waals surface area contributed by atoms with E-state index in [9.17, 15) is 23.1 Å². The Kier molecular flexibility index (Phi) is 5.59. The number of nitriles is 1. The number of alkyl halides is 3. The number of hydrogen-bond acceptors (Lipinski definition) is 6. The van der Waals surface area contributed by atoms with Gasteiger partial charge in [-0.2, -0.15) is 18.4 Å². The molecule has 4 heterocycles. The zero-order valence-corrected chi connectivity index (χ0v) is 19.0. The molecule has 2 fully saturated rings. The molecule has 3 atom stereocenters. The van der Waals surface area contributed by atoms with Crippen LogP contribution in [0.2, 0.25) is 0 Å². The van der Waals surface area contributed by atoms with Gasteiger partial charge in [0.15, 0.2) is 10.8 Å². The van der Waals surface area contributed by atoms with Crippen LogP contribution < -0.4 is 0 Å². The number of Topliss-reactive ketones (excluding diaryl/α,β-unsaturated/α-hetero) is 1. The standard InChI is InChI=1S/C24H21F3N4O2S/c1-13-17(22(33)11-30-16-6-7-19(30)21(32)8-16)9-20(18-12-34-23(29-18)24(25,26)27)31(13)15-4-2-14(10-28)3-5-15/h2-5,9,12,16,19,21,32H,6-8,11H2,1H3/t16-,19+,21+/m0/s1. The summed E-state index contributed by atoms with van der Waals surface area (Å²) in [5.41, 5.74) is 2.55. The first-order chi connectivity index (χ1) is 16.2. The van der Waals surface area contributed by atoms with E-state index < -0.39 is 17.3 Å². The fraction of sp³-hybridized carbons (Fsp3) is 0.375. The van der Waals surface area contributed by atoms with Crippen LogP contribution in [0.4, 0.5) is 13.2 Å². The van der Waals surface area contributed by atoms with Crippen molar-refractivity contribution in [3.05, 3.63) is 57.5 Å². The Morgan fingerprint density at radius 3 is 2.59 bits per heavy atom. The largest absolute Gasteiger partial charge is 0.443 e. The summed E-state index contributed by atoms with van der Waals surface area (Å²) in [4.78, 5) is 19.2. The molecule has 1 N–H and O–H groups in total. The van der Waals surface area contributed by atoms with Crippen LogP contribution in [-0.4, -0.2) is 50.1 Å². The number of fused-ring (bicyclic) bond motifs is 2. The molecule has 2 aliphatic heterocycles. The average Bonchev–Trinajstić information content (AvgIpc) is 3.56. The Balaban J connectivity index is 1.56. The number of hydrogen-bond donors (Lipinski definition) is 1. The second-order valence-electron chi connectivity index (χ2n) is 8.76. The van der Waals surface area contributed by atoms with Gasteiger partial charge in [-0.25, -0.2) is 4.98 Å². The minimum Gasteiger partial charge on any atom is -0.391 e. The third-order valence-electron chi connectivity index (χ3n) is 6.79. The number of ketones is 1. The fourth-order valence-electron chi connectivity index (χ4n) is 5.18. The molecule has 0 radical (unpaired) electrons. The molecule has 0 spiro atoms. The van der Waals surface area contributed by atoms with Gasteiger partial charge in [-0.15, -0.1) is 11.3 Å². The van der Waals surface area contributed by atoms with Crippen molar-refractivity contribution >= 4 is 17.1 Å². The SMILES string of the molecule is Cc1c(C(=O)CN2[C@H]3CC[C@@H]2[C@H](O)C3)cc(-c2csc(C(F)(F)F)n2)n1-c1ccc(C#N)cc1. The van der Waals surface area contributed by atoms with Crippen LogP contribution >= 0.6 is 11.3 Å². The summed E-state index contributed by atoms with van der Waals surface area (Å²) in [5, 5.41) is 19.7. The Bertz CT molecular complexity index is 1290. The van der Waals surface area contributed by atoms with E-state index in [1.807, 2.05) is 6.07 Å². The molecule has 1 aromatic carbocycles. The van der Waals surface area contributed by atoms with E-state index in [0.29, 0.717) is 46.0 Å². The van der Waals surface area contributed by atoms with Crippen LogP contribution in [0.3, 0.4) is 0 Å². The third-order valence-corrected chi connectivity index (χ3v) is 7.67. The van der Waals surface area contributed by atoms with Crippen molar-refractivity contribution in [1.29, 1.82) is 5.26 Å². The lowest BCUT2D eigenvalue weighted by atomic mass is 9.98. The maximum absolute atomic E-state index is 13.4. The summed E-state index contributed by atoms with van der Waals surface area (Å²) in [6, 6.07) is 10.4. The molecule has 0 saturated carbocycles. The molecular weight excluding hydrogens is 465 g/mol. The molecule has 2 saturated heterocycles. The summed E-state index contributed by atoms with van der Waals surface area (Å²) >= 11 is 0.507. The van der Waals surface area contributed by atoms with Crippen molar-refractivity contribution in [2.24, 2.45) is 0 Å². The first kappa shape index (κ1) is 22.8. The van der Waals surface area contributed by atoms with E-state index in [4.69, 9.17) is 5.26 Å².